The molecule has 2 spiro atoms. The SMILES string of the molecule is COC12CCC3(CC1COCc1ccccc1)C1Cc4ccc(-c5nn[nH]n5)c5c4C3(CCN1CC1CC1)C2O5. The van der Waals surface area contributed by atoms with Gasteiger partial charge in [0, 0.05) is 42.0 Å². The van der Waals surface area contributed by atoms with Crippen molar-refractivity contribution in [1.82, 2.24) is 25.5 Å². The largest absolute Gasteiger partial charge is 0.485 e. The van der Waals surface area contributed by atoms with Crippen LogP contribution >= 0.6 is 0 Å². The highest BCUT2D eigenvalue weighted by Gasteiger charge is 2.80. The summed E-state index contributed by atoms with van der Waals surface area (Å²) in [6.45, 7) is 3.71. The van der Waals surface area contributed by atoms with Gasteiger partial charge in [-0.15, -0.1) is 10.2 Å². The van der Waals surface area contributed by atoms with Gasteiger partial charge in [-0.25, -0.2) is 0 Å². The van der Waals surface area contributed by atoms with Crippen molar-refractivity contribution in [3.8, 4) is 17.1 Å². The summed E-state index contributed by atoms with van der Waals surface area (Å²) in [7, 11) is 1.91. The van der Waals surface area contributed by atoms with E-state index in [-0.39, 0.29) is 28.5 Å². The monoisotopic (exact) mass is 539 g/mol. The zero-order chi connectivity index (χ0) is 26.5. The predicted octanol–water partition coefficient (Wildman–Crippen LogP) is 4.31. The van der Waals surface area contributed by atoms with Crippen LogP contribution in [-0.2, 0) is 27.9 Å². The maximum atomic E-state index is 7.26. The van der Waals surface area contributed by atoms with Crippen LogP contribution in [0.25, 0.3) is 11.4 Å². The van der Waals surface area contributed by atoms with Crippen molar-refractivity contribution in [2.45, 2.75) is 74.7 Å². The lowest BCUT2D eigenvalue weighted by atomic mass is 9.35. The molecule has 3 aromatic rings. The van der Waals surface area contributed by atoms with Crippen LogP contribution in [-0.4, -0.2) is 70.1 Å². The van der Waals surface area contributed by atoms with Crippen molar-refractivity contribution in [3.63, 3.8) is 0 Å². The first-order chi connectivity index (χ1) is 19.7. The molecule has 7 aliphatic rings. The zero-order valence-corrected chi connectivity index (χ0v) is 23.1. The van der Waals surface area contributed by atoms with Crippen molar-refractivity contribution in [2.75, 3.05) is 26.8 Å². The minimum absolute atomic E-state index is 0.0366. The van der Waals surface area contributed by atoms with Gasteiger partial charge in [0.15, 0.2) is 0 Å². The summed E-state index contributed by atoms with van der Waals surface area (Å²) in [5, 5.41) is 15.2. The average Bonchev–Trinajstić information content (AvgIpc) is 3.48. The van der Waals surface area contributed by atoms with E-state index in [1.807, 2.05) is 7.11 Å². The number of benzene rings is 2. The van der Waals surface area contributed by atoms with E-state index in [9.17, 15) is 0 Å². The summed E-state index contributed by atoms with van der Waals surface area (Å²) in [5.41, 5.74) is 4.78. The summed E-state index contributed by atoms with van der Waals surface area (Å²) in [4.78, 5) is 2.89. The zero-order valence-electron chi connectivity index (χ0n) is 23.1. The molecule has 4 bridgehead atoms. The predicted molar refractivity (Wildman–Crippen MR) is 148 cm³/mol. The Hall–Kier alpha value is -2.81. The Balaban J connectivity index is 1.17. The van der Waals surface area contributed by atoms with Gasteiger partial charge in [-0.3, -0.25) is 4.90 Å². The summed E-state index contributed by atoms with van der Waals surface area (Å²) in [6, 6.07) is 15.5. The van der Waals surface area contributed by atoms with E-state index in [1.165, 1.54) is 42.5 Å². The number of ether oxygens (including phenoxy) is 3. The maximum Gasteiger partial charge on any atom is 0.208 e. The molecular formula is C32H37N5O3. The highest BCUT2D eigenvalue weighted by molar-refractivity contribution is 5.73. The molecule has 1 N–H and O–H groups in total. The smallest absolute Gasteiger partial charge is 0.208 e. The number of hydrogen-bond acceptors (Lipinski definition) is 7. The fourth-order valence-corrected chi connectivity index (χ4v) is 10.1. The number of rotatable bonds is 8. The third kappa shape index (κ3) is 2.94. The fourth-order valence-electron chi connectivity index (χ4n) is 10.1. The molecule has 0 amide bonds. The second-order valence-electron chi connectivity index (χ2n) is 13.3. The molecule has 40 heavy (non-hydrogen) atoms. The maximum absolute atomic E-state index is 7.26. The van der Waals surface area contributed by atoms with Crippen LogP contribution in [0.15, 0.2) is 42.5 Å². The number of piperidine rings is 1. The normalized spacial score (nSPS) is 36.9. The first kappa shape index (κ1) is 23.9. The van der Waals surface area contributed by atoms with E-state index in [0.29, 0.717) is 25.1 Å². The molecule has 4 saturated carbocycles. The molecule has 8 heteroatoms. The second-order valence-corrected chi connectivity index (χ2v) is 13.3. The van der Waals surface area contributed by atoms with Crippen LogP contribution in [0.4, 0.5) is 0 Å². The molecule has 0 radical (unpaired) electrons. The third-order valence-electron chi connectivity index (χ3n) is 11.8. The topological polar surface area (TPSA) is 85.4 Å². The van der Waals surface area contributed by atoms with E-state index in [0.717, 1.165) is 49.5 Å². The van der Waals surface area contributed by atoms with Crippen molar-refractivity contribution in [1.29, 1.82) is 0 Å². The van der Waals surface area contributed by atoms with Gasteiger partial charge in [-0.1, -0.05) is 36.4 Å². The average molecular weight is 540 g/mol. The van der Waals surface area contributed by atoms with Gasteiger partial charge in [0.05, 0.1) is 18.8 Å². The number of likely N-dealkylation sites (tertiary alicyclic amines) is 1. The van der Waals surface area contributed by atoms with Gasteiger partial charge in [-0.05, 0) is 79.8 Å². The number of nitrogens with one attached hydrogen (secondary N) is 1. The number of aromatic amines is 1. The van der Waals surface area contributed by atoms with E-state index in [2.05, 4.69) is 68.0 Å². The summed E-state index contributed by atoms with van der Waals surface area (Å²) in [6.07, 6.45) is 8.31. The first-order valence-corrected chi connectivity index (χ1v) is 15.2. The van der Waals surface area contributed by atoms with Crippen LogP contribution in [0.5, 0.6) is 5.75 Å². The van der Waals surface area contributed by atoms with Gasteiger partial charge < -0.3 is 14.2 Å². The third-order valence-corrected chi connectivity index (χ3v) is 11.8. The van der Waals surface area contributed by atoms with Crippen molar-refractivity contribution in [3.05, 3.63) is 59.2 Å². The molecule has 3 heterocycles. The van der Waals surface area contributed by atoms with Crippen molar-refractivity contribution >= 4 is 0 Å². The first-order valence-electron chi connectivity index (χ1n) is 15.2. The summed E-state index contributed by atoms with van der Waals surface area (Å²) >= 11 is 0. The molecule has 5 fully saturated rings. The number of hydrogen-bond donors (Lipinski definition) is 1. The lowest BCUT2D eigenvalue weighted by Crippen LogP contribution is -2.81. The fraction of sp³-hybridized carbons (Fsp3) is 0.594. The van der Waals surface area contributed by atoms with Gasteiger partial charge >= 0.3 is 0 Å². The van der Waals surface area contributed by atoms with Gasteiger partial charge in [-0.2, -0.15) is 5.21 Å². The van der Waals surface area contributed by atoms with Crippen molar-refractivity contribution in [2.24, 2.45) is 17.3 Å². The number of nitrogens with zero attached hydrogens (tertiary/aromatic N) is 4. The Morgan fingerprint density at radius 3 is 2.80 bits per heavy atom. The Bertz CT molecular complexity index is 1440. The Morgan fingerprint density at radius 1 is 1.10 bits per heavy atom. The van der Waals surface area contributed by atoms with Gasteiger partial charge in [0.1, 0.15) is 17.5 Å². The van der Waals surface area contributed by atoms with E-state index >= 15 is 0 Å². The molecule has 1 saturated heterocycles. The standard InChI is InChI=1S/C32H37N5O3/c1-38-32-12-11-30(16-23(32)19-39-18-21-5-3-2-4-6-21)25-15-22-9-10-24(28-33-35-36-34-28)27-26(22)31(30,29(32)40-27)13-14-37(25)17-20-7-8-20/h2-6,9-10,20,23,25,29H,7-8,11-19H2,1H3,(H,33,34,35,36). The molecule has 10 rings (SSSR count). The van der Waals surface area contributed by atoms with Crippen molar-refractivity contribution < 1.29 is 14.2 Å². The van der Waals surface area contributed by atoms with Gasteiger partial charge in [0.2, 0.25) is 5.82 Å². The Morgan fingerprint density at radius 2 is 2.00 bits per heavy atom. The number of tetrazole rings is 1. The van der Waals surface area contributed by atoms with Gasteiger partial charge in [0.25, 0.3) is 0 Å². The second kappa shape index (κ2) is 8.37. The summed E-state index contributed by atoms with van der Waals surface area (Å²) in [5.74, 6) is 2.75. The molecule has 6 unspecified atom stereocenters. The Kier molecular flexibility index (Phi) is 4.99. The van der Waals surface area contributed by atoms with Crippen LogP contribution < -0.4 is 4.74 Å². The minimum atomic E-state index is -0.385. The van der Waals surface area contributed by atoms with E-state index in [1.54, 1.807) is 0 Å². The number of H-pyrrole nitrogens is 1. The quantitative estimate of drug-likeness (QED) is 0.457. The lowest BCUT2D eigenvalue weighted by molar-refractivity contribution is -0.283. The highest BCUT2D eigenvalue weighted by Crippen LogP contribution is 2.76. The lowest BCUT2D eigenvalue weighted by Gasteiger charge is -2.74. The number of fused-ring (bicyclic) bond motifs is 2. The number of aromatic nitrogens is 4. The molecule has 1 aromatic heterocycles. The van der Waals surface area contributed by atoms with E-state index in [4.69, 9.17) is 14.2 Å². The molecule has 5 aliphatic carbocycles. The highest BCUT2D eigenvalue weighted by atomic mass is 16.6. The summed E-state index contributed by atoms with van der Waals surface area (Å²) < 4.78 is 20.4. The molecule has 6 atom stereocenters. The minimum Gasteiger partial charge on any atom is -0.485 e. The number of methoxy groups -OCH3 is 1. The van der Waals surface area contributed by atoms with Crippen LogP contribution in [0.3, 0.4) is 0 Å². The molecular weight excluding hydrogens is 502 g/mol. The molecule has 208 valence electrons. The Labute approximate surface area is 234 Å². The molecule has 2 aliphatic heterocycles. The van der Waals surface area contributed by atoms with Crippen LogP contribution in [0.1, 0.15) is 55.2 Å². The molecule has 2 aromatic carbocycles. The van der Waals surface area contributed by atoms with Crippen LogP contribution in [0, 0.1) is 17.3 Å². The van der Waals surface area contributed by atoms with Crippen LogP contribution in [0.2, 0.25) is 0 Å². The van der Waals surface area contributed by atoms with E-state index < -0.39 is 0 Å². The molecule has 8 nitrogen and oxygen atoms in total.